The molecule has 1 heterocycles. The third-order valence-corrected chi connectivity index (χ3v) is 1.30. The van der Waals surface area contributed by atoms with E-state index in [4.69, 9.17) is 5.73 Å². The first-order valence-electron chi connectivity index (χ1n) is 3.23. The normalized spacial score (nSPS) is 16.4. The molecule has 0 aliphatic carbocycles. The lowest BCUT2D eigenvalue weighted by Crippen LogP contribution is -2.23. The molecule has 0 spiro atoms. The van der Waals surface area contributed by atoms with Crippen LogP contribution in [-0.4, -0.2) is 17.4 Å². The smallest absolute Gasteiger partial charge is 0.223 e. The van der Waals surface area contributed by atoms with E-state index in [2.05, 4.69) is 4.99 Å². The number of carbonyl (C=O) groups excluding carboxylic acids is 2. The summed E-state index contributed by atoms with van der Waals surface area (Å²) in [7, 11) is 0. The minimum atomic E-state index is -0.521. The van der Waals surface area contributed by atoms with E-state index < -0.39 is 5.91 Å². The number of aliphatic imine (C=N–C) groups is 1. The Labute approximate surface area is 63.8 Å². The number of primary amides is 1. The van der Waals surface area contributed by atoms with Crippen LogP contribution >= 0.6 is 0 Å². The fraction of sp³-hybridized carbons (Fsp3) is 0.286. The van der Waals surface area contributed by atoms with Gasteiger partial charge in [0, 0.05) is 12.6 Å². The van der Waals surface area contributed by atoms with E-state index in [1.165, 1.54) is 6.20 Å². The molecule has 0 aromatic carbocycles. The predicted molar refractivity (Wildman–Crippen MR) is 40.0 cm³/mol. The number of carbonyl (C=O) groups is 2. The number of Topliss-reactive ketones (excluding diaryl/α,β-unsaturated/α-hetero) is 1. The maximum atomic E-state index is 10.9. The third-order valence-electron chi connectivity index (χ3n) is 1.30. The molecule has 4 heteroatoms. The van der Waals surface area contributed by atoms with Crippen molar-refractivity contribution in [2.75, 3.05) is 0 Å². The van der Waals surface area contributed by atoms with Gasteiger partial charge in [-0.05, 0) is 0 Å². The van der Waals surface area contributed by atoms with Gasteiger partial charge in [-0.15, -0.1) is 0 Å². The van der Waals surface area contributed by atoms with Crippen molar-refractivity contribution >= 4 is 17.4 Å². The summed E-state index contributed by atoms with van der Waals surface area (Å²) in [6, 6.07) is 0. The van der Waals surface area contributed by atoms with Crippen LogP contribution in [-0.2, 0) is 9.59 Å². The van der Waals surface area contributed by atoms with E-state index in [1.54, 1.807) is 6.08 Å². The van der Waals surface area contributed by atoms with Crippen LogP contribution in [0.15, 0.2) is 17.3 Å². The van der Waals surface area contributed by atoms with Crippen LogP contribution in [0.4, 0.5) is 0 Å². The number of amides is 1. The number of nitrogens with two attached hydrogens (primary N) is 1. The summed E-state index contributed by atoms with van der Waals surface area (Å²) < 4.78 is 0. The van der Waals surface area contributed by atoms with Gasteiger partial charge in [-0.2, -0.15) is 0 Å². The van der Waals surface area contributed by atoms with Crippen LogP contribution < -0.4 is 5.73 Å². The second kappa shape index (κ2) is 3.09. The van der Waals surface area contributed by atoms with Crippen molar-refractivity contribution in [2.24, 2.45) is 10.7 Å². The van der Waals surface area contributed by atoms with Gasteiger partial charge in [-0.25, -0.2) is 0 Å². The molecule has 4 nitrogen and oxygen atoms in total. The zero-order valence-corrected chi connectivity index (χ0v) is 5.91. The number of ketones is 1. The molecule has 11 heavy (non-hydrogen) atoms. The summed E-state index contributed by atoms with van der Waals surface area (Å²) in [5.74, 6) is -0.640. The zero-order chi connectivity index (χ0) is 8.27. The number of rotatable bonds is 2. The van der Waals surface area contributed by atoms with Crippen LogP contribution in [0.5, 0.6) is 0 Å². The topological polar surface area (TPSA) is 72.5 Å². The number of hydrogen-bond donors (Lipinski definition) is 1. The van der Waals surface area contributed by atoms with Crippen LogP contribution in [0.2, 0.25) is 0 Å². The monoisotopic (exact) mass is 152 g/mol. The van der Waals surface area contributed by atoms with Gasteiger partial charge in [0.15, 0.2) is 5.78 Å². The van der Waals surface area contributed by atoms with E-state index in [1.807, 2.05) is 0 Å². The van der Waals surface area contributed by atoms with E-state index in [9.17, 15) is 9.59 Å². The van der Waals surface area contributed by atoms with Crippen molar-refractivity contribution in [1.29, 1.82) is 0 Å². The Bertz CT molecular complexity index is 253. The first kappa shape index (κ1) is 7.65. The van der Waals surface area contributed by atoms with Gasteiger partial charge in [-0.3, -0.25) is 14.6 Å². The summed E-state index contributed by atoms with van der Waals surface area (Å²) in [4.78, 5) is 25.1. The first-order valence-corrected chi connectivity index (χ1v) is 3.23. The van der Waals surface area contributed by atoms with E-state index >= 15 is 0 Å². The molecule has 0 radical (unpaired) electrons. The molecule has 1 aliphatic heterocycles. The number of allylic oxidation sites excluding steroid dienone is 1. The predicted octanol–water partition coefficient (Wildman–Crippen LogP) is -0.211. The maximum Gasteiger partial charge on any atom is 0.223 e. The Morgan fingerprint density at radius 3 is 3.00 bits per heavy atom. The van der Waals surface area contributed by atoms with E-state index in [0.717, 1.165) is 0 Å². The molecule has 1 aliphatic rings. The van der Waals surface area contributed by atoms with Crippen LogP contribution in [0.25, 0.3) is 0 Å². The molecular weight excluding hydrogens is 144 g/mol. The fourth-order valence-corrected chi connectivity index (χ4v) is 0.801. The van der Waals surface area contributed by atoms with Crippen molar-refractivity contribution in [3.05, 3.63) is 12.3 Å². The molecule has 1 amide bonds. The molecule has 0 unspecified atom stereocenters. The Hall–Kier alpha value is -1.45. The van der Waals surface area contributed by atoms with E-state index in [-0.39, 0.29) is 17.9 Å². The van der Waals surface area contributed by atoms with Gasteiger partial charge in [0.05, 0.1) is 12.1 Å². The number of nitrogens with zero attached hydrogens (tertiary/aromatic N) is 1. The lowest BCUT2D eigenvalue weighted by atomic mass is 10.1. The summed E-state index contributed by atoms with van der Waals surface area (Å²) >= 11 is 0. The standard InChI is InChI=1S/C7H8N2O2/c8-7(11)4-5-6(10)2-1-3-9-5/h1,3H,2,4H2,(H2,8,11). The average molecular weight is 152 g/mol. The molecule has 0 aromatic rings. The SMILES string of the molecule is NC(=O)CC1=NC=CCC1=O. The van der Waals surface area contributed by atoms with E-state index in [0.29, 0.717) is 6.42 Å². The Balaban J connectivity index is 2.68. The van der Waals surface area contributed by atoms with Crippen molar-refractivity contribution in [2.45, 2.75) is 12.8 Å². The molecule has 0 saturated carbocycles. The first-order chi connectivity index (χ1) is 5.20. The van der Waals surface area contributed by atoms with Crippen molar-refractivity contribution in [3.8, 4) is 0 Å². The Morgan fingerprint density at radius 2 is 2.45 bits per heavy atom. The van der Waals surface area contributed by atoms with Crippen molar-refractivity contribution in [3.63, 3.8) is 0 Å². The fourth-order valence-electron chi connectivity index (χ4n) is 0.801. The van der Waals surface area contributed by atoms with Crippen molar-refractivity contribution < 1.29 is 9.59 Å². The maximum absolute atomic E-state index is 10.9. The third kappa shape index (κ3) is 2.00. The highest BCUT2D eigenvalue weighted by Gasteiger charge is 2.13. The van der Waals surface area contributed by atoms with Crippen LogP contribution in [0.1, 0.15) is 12.8 Å². The highest BCUT2D eigenvalue weighted by Crippen LogP contribution is 2.01. The lowest BCUT2D eigenvalue weighted by molar-refractivity contribution is -0.118. The van der Waals surface area contributed by atoms with Gasteiger partial charge >= 0.3 is 0 Å². The molecule has 0 fully saturated rings. The van der Waals surface area contributed by atoms with Crippen molar-refractivity contribution in [1.82, 2.24) is 0 Å². The van der Waals surface area contributed by atoms with Gasteiger partial charge in [0.1, 0.15) is 0 Å². The molecular formula is C7H8N2O2. The quantitative estimate of drug-likeness (QED) is 0.594. The summed E-state index contributed by atoms with van der Waals surface area (Å²) in [6.07, 6.45) is 3.43. The summed E-state index contributed by atoms with van der Waals surface area (Å²) in [5, 5.41) is 0. The summed E-state index contributed by atoms with van der Waals surface area (Å²) in [6.45, 7) is 0. The van der Waals surface area contributed by atoms with Crippen LogP contribution in [0.3, 0.4) is 0 Å². The second-order valence-electron chi connectivity index (χ2n) is 2.23. The van der Waals surface area contributed by atoms with Gasteiger partial charge in [0.25, 0.3) is 0 Å². The van der Waals surface area contributed by atoms with Crippen LogP contribution in [0, 0.1) is 0 Å². The number of hydrogen-bond acceptors (Lipinski definition) is 3. The summed E-state index contributed by atoms with van der Waals surface area (Å²) in [5.41, 5.74) is 5.15. The molecule has 2 N–H and O–H groups in total. The Kier molecular flexibility index (Phi) is 2.15. The minimum Gasteiger partial charge on any atom is -0.369 e. The Morgan fingerprint density at radius 1 is 1.73 bits per heavy atom. The van der Waals surface area contributed by atoms with Gasteiger partial charge in [0.2, 0.25) is 5.91 Å². The van der Waals surface area contributed by atoms with Gasteiger partial charge in [-0.1, -0.05) is 6.08 Å². The molecule has 1 rings (SSSR count). The molecule has 0 atom stereocenters. The highest BCUT2D eigenvalue weighted by molar-refractivity contribution is 6.43. The minimum absolute atomic E-state index is 0.0524. The molecule has 0 aromatic heterocycles. The largest absolute Gasteiger partial charge is 0.369 e. The average Bonchev–Trinajstić information content (AvgIpc) is 1.93. The zero-order valence-electron chi connectivity index (χ0n) is 5.91. The molecule has 58 valence electrons. The molecule has 0 saturated heterocycles. The van der Waals surface area contributed by atoms with Gasteiger partial charge < -0.3 is 5.73 Å². The second-order valence-corrected chi connectivity index (χ2v) is 2.23. The lowest BCUT2D eigenvalue weighted by Gasteiger charge is -2.02. The molecule has 0 bridgehead atoms. The highest BCUT2D eigenvalue weighted by atomic mass is 16.1.